The maximum atomic E-state index is 12.4. The highest BCUT2D eigenvalue weighted by atomic mass is 16.2. The van der Waals surface area contributed by atoms with Crippen molar-refractivity contribution in [2.75, 3.05) is 11.9 Å². The summed E-state index contributed by atoms with van der Waals surface area (Å²) in [5.74, 6) is -0.771. The van der Waals surface area contributed by atoms with Gasteiger partial charge in [-0.3, -0.25) is 14.4 Å². The zero-order valence-corrected chi connectivity index (χ0v) is 15.8. The Morgan fingerprint density at radius 1 is 1.03 bits per heavy atom. The number of carbonyl (C=O) groups is 3. The number of rotatable bonds is 6. The largest absolute Gasteiger partial charge is 0.361 e. The number of hydrogen-bond acceptors (Lipinski definition) is 3. The van der Waals surface area contributed by atoms with Crippen LogP contribution in [0.1, 0.15) is 28.8 Å². The van der Waals surface area contributed by atoms with Gasteiger partial charge in [-0.1, -0.05) is 30.3 Å². The summed E-state index contributed by atoms with van der Waals surface area (Å²) in [6, 6.07) is 14.1. The van der Waals surface area contributed by atoms with Gasteiger partial charge in [0.2, 0.25) is 11.8 Å². The van der Waals surface area contributed by atoms with Crippen LogP contribution in [0.15, 0.2) is 54.7 Å². The van der Waals surface area contributed by atoms with Gasteiger partial charge in [0.25, 0.3) is 5.91 Å². The fourth-order valence-corrected chi connectivity index (χ4v) is 3.55. The number of amides is 3. The van der Waals surface area contributed by atoms with Crippen LogP contribution in [0, 0.1) is 0 Å². The predicted octanol–water partition coefficient (Wildman–Crippen LogP) is 2.36. The normalized spacial score (nSPS) is 15.9. The summed E-state index contributed by atoms with van der Waals surface area (Å²) in [7, 11) is 0. The molecule has 1 aliphatic heterocycles. The predicted molar refractivity (Wildman–Crippen MR) is 111 cm³/mol. The summed E-state index contributed by atoms with van der Waals surface area (Å²) < 4.78 is 0. The van der Waals surface area contributed by atoms with Gasteiger partial charge >= 0.3 is 0 Å². The first-order chi connectivity index (χ1) is 14.1. The minimum atomic E-state index is -0.741. The smallest absolute Gasteiger partial charge is 0.254 e. The highest BCUT2D eigenvalue weighted by molar-refractivity contribution is 6.09. The third-order valence-corrected chi connectivity index (χ3v) is 5.10. The molecule has 3 aromatic rings. The Labute approximate surface area is 167 Å². The second-order valence-electron chi connectivity index (χ2n) is 7.06. The van der Waals surface area contributed by atoms with E-state index in [0.717, 1.165) is 16.5 Å². The standard InChI is InChI=1S/C22H22N4O3/c27-20(23-12-11-14-13-24-17-7-3-1-5-15(14)17)10-9-19-22(29)25-18-8-4-2-6-16(18)21(28)26-19/h1-8,13,19,24H,9-12H2,(H,23,27)(H,25,29)(H,26,28). The van der Waals surface area contributed by atoms with E-state index in [-0.39, 0.29) is 30.6 Å². The number of carbonyl (C=O) groups excluding carboxylic acids is 3. The van der Waals surface area contributed by atoms with Crippen molar-refractivity contribution in [2.45, 2.75) is 25.3 Å². The van der Waals surface area contributed by atoms with Gasteiger partial charge in [-0.2, -0.15) is 0 Å². The molecule has 0 spiro atoms. The lowest BCUT2D eigenvalue weighted by atomic mass is 10.1. The number of para-hydroxylation sites is 2. The van der Waals surface area contributed by atoms with Gasteiger partial charge < -0.3 is 20.9 Å². The fraction of sp³-hybridized carbons (Fsp3) is 0.227. The molecular formula is C22H22N4O3. The zero-order chi connectivity index (χ0) is 20.2. The van der Waals surface area contributed by atoms with Crippen LogP contribution in [-0.2, 0) is 16.0 Å². The first kappa shape index (κ1) is 18.7. The average Bonchev–Trinajstić information content (AvgIpc) is 3.09. The summed E-state index contributed by atoms with van der Waals surface area (Å²) in [6.07, 6.45) is 3.07. The molecule has 4 N–H and O–H groups in total. The van der Waals surface area contributed by atoms with Crippen LogP contribution in [0.5, 0.6) is 0 Å². The number of aromatic amines is 1. The van der Waals surface area contributed by atoms with E-state index in [1.807, 2.05) is 30.5 Å². The topological polar surface area (TPSA) is 103 Å². The Kier molecular flexibility index (Phi) is 5.29. The molecule has 0 radical (unpaired) electrons. The summed E-state index contributed by atoms with van der Waals surface area (Å²) in [5, 5.41) is 9.49. The van der Waals surface area contributed by atoms with E-state index in [9.17, 15) is 14.4 Å². The van der Waals surface area contributed by atoms with E-state index in [2.05, 4.69) is 20.9 Å². The van der Waals surface area contributed by atoms with Gasteiger partial charge in [0.1, 0.15) is 6.04 Å². The molecule has 2 aromatic carbocycles. The molecule has 1 unspecified atom stereocenters. The second kappa shape index (κ2) is 8.18. The highest BCUT2D eigenvalue weighted by Crippen LogP contribution is 2.19. The molecule has 0 bridgehead atoms. The van der Waals surface area contributed by atoms with Crippen LogP contribution in [0.2, 0.25) is 0 Å². The number of H-pyrrole nitrogens is 1. The quantitative estimate of drug-likeness (QED) is 0.519. The summed E-state index contributed by atoms with van der Waals surface area (Å²) >= 11 is 0. The summed E-state index contributed by atoms with van der Waals surface area (Å²) in [4.78, 5) is 40.1. The Morgan fingerprint density at radius 2 is 1.83 bits per heavy atom. The van der Waals surface area contributed by atoms with Gasteiger partial charge in [0.15, 0.2) is 0 Å². The lowest BCUT2D eigenvalue weighted by Crippen LogP contribution is -2.42. The Morgan fingerprint density at radius 3 is 2.72 bits per heavy atom. The molecule has 4 rings (SSSR count). The van der Waals surface area contributed by atoms with Crippen LogP contribution in [-0.4, -0.2) is 35.3 Å². The Bertz CT molecular complexity index is 1070. The molecule has 2 heterocycles. The summed E-state index contributed by atoms with van der Waals surface area (Å²) in [6.45, 7) is 0.509. The van der Waals surface area contributed by atoms with Crippen molar-refractivity contribution < 1.29 is 14.4 Å². The molecule has 3 amide bonds. The molecule has 0 aliphatic carbocycles. The van der Waals surface area contributed by atoms with Crippen molar-refractivity contribution in [3.05, 3.63) is 65.9 Å². The van der Waals surface area contributed by atoms with Crippen LogP contribution < -0.4 is 16.0 Å². The number of anilines is 1. The van der Waals surface area contributed by atoms with Gasteiger partial charge in [0.05, 0.1) is 11.3 Å². The van der Waals surface area contributed by atoms with Gasteiger partial charge in [-0.05, 0) is 36.6 Å². The molecule has 0 saturated carbocycles. The van der Waals surface area contributed by atoms with Gasteiger partial charge in [-0.25, -0.2) is 0 Å². The molecular weight excluding hydrogens is 368 g/mol. The van der Waals surface area contributed by atoms with Crippen molar-refractivity contribution in [1.29, 1.82) is 0 Å². The highest BCUT2D eigenvalue weighted by Gasteiger charge is 2.27. The number of benzene rings is 2. The Balaban J connectivity index is 1.27. The average molecular weight is 390 g/mol. The summed E-state index contributed by atoms with van der Waals surface area (Å²) in [5.41, 5.74) is 3.13. The van der Waals surface area contributed by atoms with E-state index in [1.165, 1.54) is 0 Å². The first-order valence-corrected chi connectivity index (χ1v) is 9.64. The Hall–Kier alpha value is -3.61. The third kappa shape index (κ3) is 4.13. The number of fused-ring (bicyclic) bond motifs is 2. The monoisotopic (exact) mass is 390 g/mol. The van der Waals surface area contributed by atoms with E-state index < -0.39 is 6.04 Å². The van der Waals surface area contributed by atoms with Crippen molar-refractivity contribution in [3.63, 3.8) is 0 Å². The van der Waals surface area contributed by atoms with Crippen molar-refractivity contribution in [2.24, 2.45) is 0 Å². The molecule has 1 atom stereocenters. The lowest BCUT2D eigenvalue weighted by molar-refractivity contribution is -0.121. The van der Waals surface area contributed by atoms with Crippen LogP contribution >= 0.6 is 0 Å². The molecule has 1 aliphatic rings. The zero-order valence-electron chi connectivity index (χ0n) is 15.8. The lowest BCUT2D eigenvalue weighted by Gasteiger charge is -2.14. The van der Waals surface area contributed by atoms with Crippen LogP contribution in [0.3, 0.4) is 0 Å². The first-order valence-electron chi connectivity index (χ1n) is 9.64. The molecule has 0 fully saturated rings. The fourth-order valence-electron chi connectivity index (χ4n) is 3.55. The minimum Gasteiger partial charge on any atom is -0.361 e. The minimum absolute atomic E-state index is 0.145. The number of aromatic nitrogens is 1. The number of hydrogen-bond donors (Lipinski definition) is 4. The van der Waals surface area contributed by atoms with E-state index in [0.29, 0.717) is 24.2 Å². The van der Waals surface area contributed by atoms with Crippen molar-refractivity contribution in [1.82, 2.24) is 15.6 Å². The van der Waals surface area contributed by atoms with E-state index in [1.54, 1.807) is 24.3 Å². The van der Waals surface area contributed by atoms with E-state index >= 15 is 0 Å². The van der Waals surface area contributed by atoms with Gasteiger partial charge in [-0.15, -0.1) is 0 Å². The van der Waals surface area contributed by atoms with Crippen molar-refractivity contribution >= 4 is 34.3 Å². The molecule has 7 heteroatoms. The molecule has 0 saturated heterocycles. The van der Waals surface area contributed by atoms with Crippen LogP contribution in [0.25, 0.3) is 10.9 Å². The van der Waals surface area contributed by atoms with E-state index in [4.69, 9.17) is 0 Å². The second-order valence-corrected chi connectivity index (χ2v) is 7.06. The van der Waals surface area contributed by atoms with Crippen molar-refractivity contribution in [3.8, 4) is 0 Å². The molecule has 148 valence electrons. The maximum Gasteiger partial charge on any atom is 0.254 e. The van der Waals surface area contributed by atoms with Crippen LogP contribution in [0.4, 0.5) is 5.69 Å². The molecule has 1 aromatic heterocycles. The third-order valence-electron chi connectivity index (χ3n) is 5.10. The maximum absolute atomic E-state index is 12.4. The molecule has 29 heavy (non-hydrogen) atoms. The van der Waals surface area contributed by atoms with Gasteiger partial charge in [0, 0.05) is 30.1 Å². The molecule has 7 nitrogen and oxygen atoms in total. The SMILES string of the molecule is O=C(CCC1NC(=O)c2ccccc2NC1=O)NCCc1c[nH]c2ccccc12. The number of nitrogens with one attached hydrogen (secondary N) is 4.